The van der Waals surface area contributed by atoms with E-state index in [4.69, 9.17) is 9.57 Å². The third-order valence-corrected chi connectivity index (χ3v) is 13.2. The third-order valence-electron chi connectivity index (χ3n) is 11.4. The highest BCUT2D eigenvalue weighted by Crippen LogP contribution is 2.46. The number of nitrogens with zero attached hydrogens (tertiary/aromatic N) is 2. The van der Waals surface area contributed by atoms with Gasteiger partial charge in [-0.15, -0.1) is 0 Å². The number of oxime groups is 1. The van der Waals surface area contributed by atoms with Gasteiger partial charge in [0, 0.05) is 17.9 Å². The van der Waals surface area contributed by atoms with E-state index in [2.05, 4.69) is 20.5 Å². The van der Waals surface area contributed by atoms with Crippen molar-refractivity contribution in [2.45, 2.75) is 125 Å². The Bertz CT molecular complexity index is 1930. The highest BCUT2D eigenvalue weighted by Gasteiger charge is 2.62. The zero-order valence-corrected chi connectivity index (χ0v) is 32.1. The van der Waals surface area contributed by atoms with Crippen LogP contribution >= 0.6 is 0 Å². The summed E-state index contributed by atoms with van der Waals surface area (Å²) in [6.45, 7) is 1.99. The van der Waals surface area contributed by atoms with Crippen molar-refractivity contribution in [3.05, 3.63) is 72.3 Å². The highest BCUT2D eigenvalue weighted by atomic mass is 32.2. The van der Waals surface area contributed by atoms with Crippen LogP contribution in [-0.2, 0) is 34.0 Å². The van der Waals surface area contributed by atoms with Gasteiger partial charge in [-0.1, -0.05) is 91.7 Å². The second kappa shape index (κ2) is 16.6. The first-order valence-corrected chi connectivity index (χ1v) is 21.3. The van der Waals surface area contributed by atoms with Crippen LogP contribution in [0.5, 0.6) is 0 Å². The number of amides is 4. The Morgan fingerprint density at radius 3 is 2.44 bits per heavy atom. The molecule has 13 nitrogen and oxygen atoms in total. The van der Waals surface area contributed by atoms with E-state index in [9.17, 15) is 27.6 Å². The Labute approximate surface area is 322 Å². The van der Waals surface area contributed by atoms with Gasteiger partial charge in [0.1, 0.15) is 29.8 Å². The number of fused-ring (bicyclic) bond motifs is 2. The Balaban J connectivity index is 1.16. The lowest BCUT2D eigenvalue weighted by Crippen LogP contribution is -2.58. The maximum atomic E-state index is 14.5. The fourth-order valence-electron chi connectivity index (χ4n) is 7.70. The van der Waals surface area contributed by atoms with Crippen molar-refractivity contribution in [2.24, 2.45) is 11.1 Å². The highest BCUT2D eigenvalue weighted by molar-refractivity contribution is 7.91. The van der Waals surface area contributed by atoms with Crippen LogP contribution in [-0.4, -0.2) is 84.5 Å². The first-order valence-electron chi connectivity index (χ1n) is 19.8. The summed E-state index contributed by atoms with van der Waals surface area (Å²) in [7, 11) is -3.88. The molecule has 4 amide bonds. The fourth-order valence-corrected chi connectivity index (χ4v) is 9.07. The second-order valence-corrected chi connectivity index (χ2v) is 17.4. The van der Waals surface area contributed by atoms with Gasteiger partial charge >= 0.3 is 6.09 Å². The minimum atomic E-state index is -3.88. The van der Waals surface area contributed by atoms with E-state index in [0.717, 1.165) is 48.8 Å². The SMILES string of the molecule is CC/C(=N\O[C@@H]1C[C@H]2C(=O)NC3(C(=O)NS(=O)(=O)C4CC4)C[C@H]3/C=C\CCCCC[C@H](NC(=O)OC3CCC3)C(=O)N2C1)c1ccccc1-c1ccccc1. The number of nitrogens with one attached hydrogen (secondary N) is 3. The van der Waals surface area contributed by atoms with Gasteiger partial charge in [-0.3, -0.25) is 19.1 Å². The molecule has 1 unspecified atom stereocenters. The molecule has 55 heavy (non-hydrogen) atoms. The summed E-state index contributed by atoms with van der Waals surface area (Å²) in [6, 6.07) is 15.8. The first-order chi connectivity index (χ1) is 26.6. The lowest BCUT2D eigenvalue weighted by Gasteiger charge is -2.30. The average Bonchev–Trinajstić information content (AvgIpc) is 4.09. The molecule has 294 valence electrons. The zero-order chi connectivity index (χ0) is 38.6. The van der Waals surface area contributed by atoms with E-state index in [1.54, 1.807) is 0 Å². The molecule has 3 aliphatic carbocycles. The molecule has 3 saturated carbocycles. The fraction of sp³-hybridized carbons (Fsp3) is 0.537. The van der Waals surface area contributed by atoms with Gasteiger partial charge in [-0.25, -0.2) is 13.2 Å². The summed E-state index contributed by atoms with van der Waals surface area (Å²) in [5.74, 6) is -2.25. The van der Waals surface area contributed by atoms with E-state index in [0.29, 0.717) is 44.2 Å². The summed E-state index contributed by atoms with van der Waals surface area (Å²) in [6.07, 6.45) is 9.95. The molecule has 5 aliphatic rings. The van der Waals surface area contributed by atoms with Crippen LogP contribution in [0.1, 0.15) is 96.0 Å². The minimum Gasteiger partial charge on any atom is -0.446 e. The van der Waals surface area contributed by atoms with Gasteiger partial charge in [0.15, 0.2) is 0 Å². The largest absolute Gasteiger partial charge is 0.446 e. The molecular formula is C41H51N5O8S. The Kier molecular flexibility index (Phi) is 11.6. The number of carbonyl (C=O) groups excluding carboxylic acids is 4. The Morgan fingerprint density at radius 2 is 1.71 bits per heavy atom. The van der Waals surface area contributed by atoms with Crippen molar-refractivity contribution in [1.82, 2.24) is 20.3 Å². The smallest absolute Gasteiger partial charge is 0.408 e. The molecule has 2 heterocycles. The molecule has 7 rings (SSSR count). The maximum Gasteiger partial charge on any atom is 0.408 e. The van der Waals surface area contributed by atoms with Crippen molar-refractivity contribution in [3.8, 4) is 11.1 Å². The summed E-state index contributed by atoms with van der Waals surface area (Å²) < 4.78 is 33.5. The van der Waals surface area contributed by atoms with Crippen molar-refractivity contribution in [1.29, 1.82) is 0 Å². The maximum absolute atomic E-state index is 14.5. The van der Waals surface area contributed by atoms with Crippen molar-refractivity contribution in [3.63, 3.8) is 0 Å². The normalized spacial score (nSPS) is 28.2. The van der Waals surface area contributed by atoms with Crippen LogP contribution in [0.3, 0.4) is 0 Å². The van der Waals surface area contributed by atoms with Crippen LogP contribution < -0.4 is 15.4 Å². The number of hydrogen-bond acceptors (Lipinski definition) is 9. The second-order valence-electron chi connectivity index (χ2n) is 15.4. The Morgan fingerprint density at radius 1 is 0.945 bits per heavy atom. The molecule has 5 atom stereocenters. The van der Waals surface area contributed by atoms with E-state index in [1.165, 1.54) is 4.90 Å². The third kappa shape index (κ3) is 8.90. The molecule has 3 N–H and O–H groups in total. The molecule has 14 heteroatoms. The summed E-state index contributed by atoms with van der Waals surface area (Å²) >= 11 is 0. The molecule has 0 bridgehead atoms. The van der Waals surface area contributed by atoms with Crippen LogP contribution in [0.4, 0.5) is 4.79 Å². The quantitative estimate of drug-likeness (QED) is 0.170. The molecule has 2 aromatic rings. The van der Waals surface area contributed by atoms with Gasteiger partial charge in [-0.05, 0) is 75.3 Å². The lowest BCUT2D eigenvalue weighted by molar-refractivity contribution is -0.141. The van der Waals surface area contributed by atoms with Crippen LogP contribution in [0, 0.1) is 5.92 Å². The number of rotatable bonds is 10. The van der Waals surface area contributed by atoms with Gasteiger partial charge in [-0.2, -0.15) is 0 Å². The number of hydrogen-bond donors (Lipinski definition) is 3. The molecular weight excluding hydrogens is 723 g/mol. The van der Waals surface area contributed by atoms with E-state index in [-0.39, 0.29) is 25.5 Å². The number of ether oxygens (including phenoxy) is 1. The zero-order valence-electron chi connectivity index (χ0n) is 31.3. The molecule has 1 saturated heterocycles. The van der Waals surface area contributed by atoms with Crippen LogP contribution in [0.25, 0.3) is 11.1 Å². The summed E-state index contributed by atoms with van der Waals surface area (Å²) in [5, 5.41) is 9.67. The standard InChI is InChI=1S/C41H51N5O8S/c1-2-34(33-20-12-11-19-32(33)27-14-7-6-8-15-27)44-54-30-24-36-37(47)43-41(39(49)45-55(51,52)31-22-23-31)25-28(41)16-9-4-3-5-10-21-35(38(48)46(36)26-30)42-40(50)53-29-17-13-18-29/h6-9,11-12,14-16,19-20,28-31,35-36H,2-5,10,13,17-18,21-26H2,1H3,(H,42,50)(H,43,47)(H,45,49)/b16-9-,44-34+/t28-,30-,35+,36+,41?/m1/s1. The van der Waals surface area contributed by atoms with Crippen molar-refractivity contribution >= 4 is 39.5 Å². The molecule has 0 aromatic heterocycles. The average molecular weight is 774 g/mol. The van der Waals surface area contributed by atoms with Gasteiger partial charge < -0.3 is 25.1 Å². The number of alkyl carbamates (subject to hydrolysis) is 1. The monoisotopic (exact) mass is 773 g/mol. The lowest BCUT2D eigenvalue weighted by atomic mass is 9.96. The molecule has 0 spiro atoms. The minimum absolute atomic E-state index is 0.00614. The van der Waals surface area contributed by atoms with Gasteiger partial charge in [0.2, 0.25) is 21.8 Å². The molecule has 0 radical (unpaired) electrons. The van der Waals surface area contributed by atoms with Crippen molar-refractivity contribution < 1.29 is 37.2 Å². The summed E-state index contributed by atoms with van der Waals surface area (Å²) in [5.41, 5.74) is 2.12. The van der Waals surface area contributed by atoms with Crippen molar-refractivity contribution in [2.75, 3.05) is 6.54 Å². The predicted molar refractivity (Wildman–Crippen MR) is 206 cm³/mol. The van der Waals surface area contributed by atoms with Crippen LogP contribution in [0.15, 0.2) is 71.9 Å². The first kappa shape index (κ1) is 38.6. The predicted octanol–water partition coefficient (Wildman–Crippen LogP) is 5.10. The van der Waals surface area contributed by atoms with Gasteiger partial charge in [0.05, 0.1) is 17.5 Å². The van der Waals surface area contributed by atoms with E-state index in [1.807, 2.05) is 73.7 Å². The Hall–Kier alpha value is -4.72. The molecule has 2 aliphatic heterocycles. The number of sulfonamides is 1. The number of allylic oxidation sites excluding steroid dienone is 1. The summed E-state index contributed by atoms with van der Waals surface area (Å²) in [4.78, 5) is 63.1. The molecule has 4 fully saturated rings. The number of benzene rings is 2. The van der Waals surface area contributed by atoms with Gasteiger partial charge in [0.25, 0.3) is 5.91 Å². The van der Waals surface area contributed by atoms with Crippen LogP contribution in [0.2, 0.25) is 0 Å². The number of carbonyl (C=O) groups is 4. The topological polar surface area (TPSA) is 173 Å². The van der Waals surface area contributed by atoms with E-state index >= 15 is 0 Å². The van der Waals surface area contributed by atoms with E-state index < -0.39 is 68.7 Å². The molecule has 2 aromatic carbocycles.